The lowest BCUT2D eigenvalue weighted by molar-refractivity contribution is -0.394. The first-order valence-electron chi connectivity index (χ1n) is 9.27. The van der Waals surface area contributed by atoms with Crippen molar-refractivity contribution in [3.05, 3.63) is 83.3 Å². The fraction of sp³-hybridized carbons (Fsp3) is 0.158. The van der Waals surface area contributed by atoms with Gasteiger partial charge in [-0.2, -0.15) is 0 Å². The van der Waals surface area contributed by atoms with E-state index in [1.807, 2.05) is 0 Å². The smallest absolute Gasteiger partial charge is 0.279 e. The number of nitro benzene ring substituents is 2. The van der Waals surface area contributed by atoms with Crippen LogP contribution in [-0.4, -0.2) is 38.4 Å². The van der Waals surface area contributed by atoms with E-state index < -0.39 is 27.1 Å². The highest BCUT2D eigenvalue weighted by molar-refractivity contribution is 7.15. The topological polar surface area (TPSA) is 170 Å². The molecule has 1 heterocycles. The largest absolute Gasteiger partial charge is 0.352 e. The van der Waals surface area contributed by atoms with Gasteiger partial charge in [-0.1, -0.05) is 35.1 Å². The molecule has 0 saturated carbocycles. The monoisotopic (exact) mass is 490 g/mol. The van der Waals surface area contributed by atoms with Crippen LogP contribution < -0.4 is 10.6 Å². The number of nitro groups is 2. The molecule has 0 atom stereocenters. The molecule has 14 heteroatoms. The van der Waals surface area contributed by atoms with E-state index in [2.05, 4.69) is 20.8 Å². The number of carbonyl (C=O) groups excluding carboxylic acids is 2. The van der Waals surface area contributed by atoms with Crippen molar-refractivity contribution in [1.29, 1.82) is 0 Å². The van der Waals surface area contributed by atoms with E-state index in [-0.39, 0.29) is 28.7 Å². The number of non-ortho nitro benzene ring substituents is 1. The second-order valence-electron chi connectivity index (χ2n) is 6.59. The van der Waals surface area contributed by atoms with Gasteiger partial charge < -0.3 is 5.32 Å². The van der Waals surface area contributed by atoms with Gasteiger partial charge >= 0.3 is 0 Å². The number of nitrogens with one attached hydrogen (secondary N) is 2. The number of amides is 2. The van der Waals surface area contributed by atoms with E-state index in [0.717, 1.165) is 23.5 Å². The van der Waals surface area contributed by atoms with Gasteiger partial charge in [0.25, 0.3) is 23.2 Å². The summed E-state index contributed by atoms with van der Waals surface area (Å²) in [7, 11) is 0. The lowest BCUT2D eigenvalue weighted by atomic mass is 10.0. The van der Waals surface area contributed by atoms with E-state index in [1.54, 1.807) is 24.3 Å². The van der Waals surface area contributed by atoms with Crippen LogP contribution in [0, 0.1) is 27.2 Å². The van der Waals surface area contributed by atoms with Crippen LogP contribution in [0.1, 0.15) is 31.3 Å². The first-order chi connectivity index (χ1) is 15.7. The first kappa shape index (κ1) is 23.7. The predicted molar refractivity (Wildman–Crippen MR) is 120 cm³/mol. The second kappa shape index (κ2) is 10.1. The Balaban J connectivity index is 1.65. The van der Waals surface area contributed by atoms with Crippen molar-refractivity contribution < 1.29 is 19.4 Å². The summed E-state index contributed by atoms with van der Waals surface area (Å²) in [5.41, 5.74) is -1.02. The molecule has 2 N–H and O–H groups in total. The first-order valence-corrected chi connectivity index (χ1v) is 10.5. The Kier molecular flexibility index (Phi) is 7.25. The van der Waals surface area contributed by atoms with Crippen molar-refractivity contribution in [2.45, 2.75) is 13.3 Å². The third kappa shape index (κ3) is 5.64. The van der Waals surface area contributed by atoms with Gasteiger partial charge in [0.2, 0.25) is 5.13 Å². The molecule has 0 aliphatic carbocycles. The fourth-order valence-corrected chi connectivity index (χ4v) is 3.76. The Hall–Kier alpha value is -3.97. The highest BCUT2D eigenvalue weighted by Crippen LogP contribution is 2.29. The number of halogens is 1. The van der Waals surface area contributed by atoms with E-state index in [4.69, 9.17) is 11.6 Å². The molecule has 2 amide bonds. The number of hydrogen-bond acceptors (Lipinski definition) is 9. The minimum atomic E-state index is -0.816. The van der Waals surface area contributed by atoms with Crippen molar-refractivity contribution in [2.24, 2.45) is 0 Å². The molecule has 0 saturated heterocycles. The van der Waals surface area contributed by atoms with Crippen molar-refractivity contribution in [2.75, 3.05) is 11.9 Å². The van der Waals surface area contributed by atoms with Gasteiger partial charge in [-0.3, -0.25) is 35.1 Å². The third-order valence-corrected chi connectivity index (χ3v) is 5.68. The Bertz CT molecular complexity index is 1260. The molecule has 0 spiro atoms. The Morgan fingerprint density at radius 2 is 1.79 bits per heavy atom. The molecule has 0 unspecified atom stereocenters. The molecule has 170 valence electrons. The molecule has 3 aromatic rings. The number of rotatable bonds is 8. The third-order valence-electron chi connectivity index (χ3n) is 4.45. The van der Waals surface area contributed by atoms with Gasteiger partial charge in [0.15, 0.2) is 0 Å². The maximum Gasteiger partial charge on any atom is 0.279 e. The quantitative estimate of drug-likeness (QED) is 0.356. The zero-order valence-electron chi connectivity index (χ0n) is 16.9. The number of carbonyl (C=O) groups is 2. The molecule has 3 rings (SSSR count). The van der Waals surface area contributed by atoms with Crippen molar-refractivity contribution in [3.63, 3.8) is 0 Å². The molecule has 0 aliphatic heterocycles. The lowest BCUT2D eigenvalue weighted by Gasteiger charge is -2.06. The normalized spacial score (nSPS) is 10.5. The number of hydrogen-bond donors (Lipinski definition) is 2. The molecular formula is C19H15ClN6O6S. The molecule has 0 aliphatic rings. The molecule has 0 radical (unpaired) electrons. The second-order valence-corrected chi connectivity index (χ2v) is 8.06. The average Bonchev–Trinajstić information content (AvgIpc) is 3.20. The number of anilines is 1. The minimum absolute atomic E-state index is 0.0184. The molecule has 0 fully saturated rings. The highest BCUT2D eigenvalue weighted by atomic mass is 35.5. The lowest BCUT2D eigenvalue weighted by Crippen LogP contribution is -2.25. The van der Waals surface area contributed by atoms with Gasteiger partial charge in [-0.15, -0.1) is 10.2 Å². The summed E-state index contributed by atoms with van der Waals surface area (Å²) in [6, 6.07) is 8.36. The van der Waals surface area contributed by atoms with E-state index in [0.29, 0.717) is 22.0 Å². The molecule has 1 aromatic heterocycles. The van der Waals surface area contributed by atoms with E-state index >= 15 is 0 Å². The van der Waals surface area contributed by atoms with Crippen LogP contribution >= 0.6 is 22.9 Å². The SMILES string of the molecule is Cc1c(C(=O)Nc2nnc(CCNC(=O)c3ccccc3Cl)s2)cc([N+](=O)[O-])cc1[N+](=O)[O-]. The van der Waals surface area contributed by atoms with E-state index in [1.165, 1.54) is 6.92 Å². The van der Waals surface area contributed by atoms with Gasteiger partial charge in [0, 0.05) is 24.6 Å². The Morgan fingerprint density at radius 3 is 2.45 bits per heavy atom. The van der Waals surface area contributed by atoms with E-state index in [9.17, 15) is 29.8 Å². The molecular weight excluding hydrogens is 476 g/mol. The maximum atomic E-state index is 12.6. The summed E-state index contributed by atoms with van der Waals surface area (Å²) < 4.78 is 0. The summed E-state index contributed by atoms with van der Waals surface area (Å²) in [6.07, 6.45) is 0.324. The van der Waals surface area contributed by atoms with Crippen LogP contribution in [0.4, 0.5) is 16.5 Å². The summed E-state index contributed by atoms with van der Waals surface area (Å²) in [5.74, 6) is -1.14. The summed E-state index contributed by atoms with van der Waals surface area (Å²) in [4.78, 5) is 45.4. The molecule has 12 nitrogen and oxygen atoms in total. The van der Waals surface area contributed by atoms with Crippen LogP contribution in [-0.2, 0) is 6.42 Å². The van der Waals surface area contributed by atoms with Crippen LogP contribution in [0.25, 0.3) is 0 Å². The van der Waals surface area contributed by atoms with Crippen LogP contribution in [0.3, 0.4) is 0 Å². The van der Waals surface area contributed by atoms with Crippen molar-refractivity contribution in [3.8, 4) is 0 Å². The highest BCUT2D eigenvalue weighted by Gasteiger charge is 2.25. The zero-order valence-corrected chi connectivity index (χ0v) is 18.5. The summed E-state index contributed by atoms with van der Waals surface area (Å²) in [5, 5.41) is 36.1. The fourth-order valence-electron chi connectivity index (χ4n) is 2.81. The van der Waals surface area contributed by atoms with Crippen LogP contribution in [0.5, 0.6) is 0 Å². The number of aromatic nitrogens is 2. The van der Waals surface area contributed by atoms with Crippen LogP contribution in [0.15, 0.2) is 36.4 Å². The zero-order chi connectivity index (χ0) is 24.1. The Labute approximate surface area is 194 Å². The standard InChI is InChI=1S/C19H15ClN6O6S/c1-10-13(8-11(25(29)30)9-15(10)26(31)32)18(28)22-19-24-23-16(33-19)6-7-21-17(27)12-4-2-3-5-14(12)20/h2-5,8-9H,6-7H2,1H3,(H,21,27)(H,22,24,28). The summed E-state index contributed by atoms with van der Waals surface area (Å²) >= 11 is 7.02. The van der Waals surface area contributed by atoms with Gasteiger partial charge in [-0.25, -0.2) is 0 Å². The summed E-state index contributed by atoms with van der Waals surface area (Å²) in [6.45, 7) is 1.56. The average molecular weight is 491 g/mol. The van der Waals surface area contributed by atoms with Gasteiger partial charge in [0.1, 0.15) is 5.01 Å². The van der Waals surface area contributed by atoms with Crippen molar-refractivity contribution >= 4 is 51.3 Å². The predicted octanol–water partition coefficient (Wildman–Crippen LogP) is 3.54. The molecule has 0 bridgehead atoms. The van der Waals surface area contributed by atoms with Crippen LogP contribution in [0.2, 0.25) is 5.02 Å². The van der Waals surface area contributed by atoms with Crippen molar-refractivity contribution in [1.82, 2.24) is 15.5 Å². The van der Waals surface area contributed by atoms with Gasteiger partial charge in [0.05, 0.1) is 32.1 Å². The number of benzene rings is 2. The molecule has 2 aromatic carbocycles. The minimum Gasteiger partial charge on any atom is -0.352 e. The molecule has 33 heavy (non-hydrogen) atoms. The van der Waals surface area contributed by atoms with Gasteiger partial charge in [-0.05, 0) is 19.1 Å². The Morgan fingerprint density at radius 1 is 1.06 bits per heavy atom. The number of nitrogens with zero attached hydrogens (tertiary/aromatic N) is 4. The maximum absolute atomic E-state index is 12.6.